The molecular weight excluding hydrogens is 394 g/mol. The van der Waals surface area contributed by atoms with Crippen LogP contribution >= 0.6 is 11.3 Å². The summed E-state index contributed by atoms with van der Waals surface area (Å²) in [5.41, 5.74) is 5.47. The Balaban J connectivity index is 1.83. The topological polar surface area (TPSA) is 63.9 Å². The van der Waals surface area contributed by atoms with Gasteiger partial charge in [-0.1, -0.05) is 23.5 Å². The molecule has 3 aromatic heterocycles. The van der Waals surface area contributed by atoms with Crippen molar-refractivity contribution in [2.45, 2.75) is 47.2 Å². The molecule has 6 nitrogen and oxygen atoms in total. The van der Waals surface area contributed by atoms with E-state index in [-0.39, 0.29) is 11.9 Å². The number of pyridine rings is 1. The molecule has 1 amide bonds. The Morgan fingerprint density at radius 1 is 1.17 bits per heavy atom. The molecule has 154 valence electrons. The summed E-state index contributed by atoms with van der Waals surface area (Å²) in [6.07, 6.45) is 1.74. The predicted molar refractivity (Wildman–Crippen MR) is 121 cm³/mol. The van der Waals surface area contributed by atoms with Crippen molar-refractivity contribution in [3.63, 3.8) is 0 Å². The smallest absolute Gasteiger partial charge is 0.277 e. The summed E-state index contributed by atoms with van der Waals surface area (Å²) in [4.78, 5) is 24.7. The minimum Gasteiger partial charge on any atom is -0.277 e. The van der Waals surface area contributed by atoms with Crippen molar-refractivity contribution in [2.24, 2.45) is 0 Å². The van der Waals surface area contributed by atoms with Crippen molar-refractivity contribution >= 4 is 32.6 Å². The molecule has 0 fully saturated rings. The molecule has 0 aliphatic heterocycles. The first-order valence-corrected chi connectivity index (χ1v) is 10.8. The van der Waals surface area contributed by atoms with Crippen LogP contribution in [-0.2, 0) is 6.54 Å². The Hall–Kier alpha value is -3.06. The summed E-state index contributed by atoms with van der Waals surface area (Å²) in [6.45, 7) is 10.5. The molecule has 7 heteroatoms. The van der Waals surface area contributed by atoms with Gasteiger partial charge in [0.1, 0.15) is 5.69 Å². The average molecular weight is 420 g/mol. The lowest BCUT2D eigenvalue weighted by Crippen LogP contribution is -2.32. The van der Waals surface area contributed by atoms with Crippen molar-refractivity contribution in [2.75, 3.05) is 4.90 Å². The third kappa shape index (κ3) is 3.73. The fraction of sp³-hybridized carbons (Fsp3) is 0.304. The Labute approximate surface area is 180 Å². The van der Waals surface area contributed by atoms with Gasteiger partial charge in [0.15, 0.2) is 5.13 Å². The Bertz CT molecular complexity index is 1210. The summed E-state index contributed by atoms with van der Waals surface area (Å²) in [7, 11) is 0. The van der Waals surface area contributed by atoms with Crippen molar-refractivity contribution in [1.29, 1.82) is 0 Å². The number of hydrogen-bond acceptors (Lipinski definition) is 5. The van der Waals surface area contributed by atoms with E-state index in [1.54, 1.807) is 15.8 Å². The lowest BCUT2D eigenvalue weighted by molar-refractivity contribution is 0.0972. The number of fused-ring (bicyclic) bond motifs is 1. The minimum absolute atomic E-state index is 0.0783. The predicted octanol–water partition coefficient (Wildman–Crippen LogP) is 5.24. The van der Waals surface area contributed by atoms with Crippen molar-refractivity contribution in [3.8, 4) is 0 Å². The highest BCUT2D eigenvalue weighted by Gasteiger charge is 2.26. The largest absolute Gasteiger partial charge is 0.278 e. The second kappa shape index (κ2) is 7.99. The highest BCUT2D eigenvalue weighted by Crippen LogP contribution is 2.33. The van der Waals surface area contributed by atoms with Gasteiger partial charge >= 0.3 is 0 Å². The van der Waals surface area contributed by atoms with Gasteiger partial charge in [0.25, 0.3) is 5.91 Å². The zero-order chi connectivity index (χ0) is 21.4. The van der Waals surface area contributed by atoms with Crippen LogP contribution in [0.2, 0.25) is 0 Å². The third-order valence-electron chi connectivity index (χ3n) is 5.16. The summed E-state index contributed by atoms with van der Waals surface area (Å²) >= 11 is 1.53. The van der Waals surface area contributed by atoms with Crippen LogP contribution in [0.1, 0.15) is 52.9 Å². The lowest BCUT2D eigenvalue weighted by atomic mass is 10.1. The fourth-order valence-corrected chi connectivity index (χ4v) is 4.44. The van der Waals surface area contributed by atoms with Gasteiger partial charge in [0, 0.05) is 12.2 Å². The van der Waals surface area contributed by atoms with E-state index < -0.39 is 0 Å². The normalized spacial score (nSPS) is 11.4. The maximum absolute atomic E-state index is 13.7. The van der Waals surface area contributed by atoms with E-state index in [0.717, 1.165) is 27.2 Å². The number of carbonyl (C=O) groups is 1. The number of carbonyl (C=O) groups excluding carboxylic acids is 1. The number of aryl methyl sites for hydroxylation is 3. The number of rotatable bonds is 5. The third-order valence-corrected chi connectivity index (χ3v) is 6.21. The molecule has 1 aromatic carbocycles. The molecule has 30 heavy (non-hydrogen) atoms. The molecule has 4 rings (SSSR count). The molecule has 0 aliphatic rings. The van der Waals surface area contributed by atoms with Gasteiger partial charge in [0.05, 0.1) is 28.1 Å². The molecule has 0 N–H and O–H groups in total. The molecular formula is C23H25N5OS. The minimum atomic E-state index is -0.122. The zero-order valence-corrected chi connectivity index (χ0v) is 18.7. The molecule has 0 saturated heterocycles. The molecule has 3 heterocycles. The van der Waals surface area contributed by atoms with Crippen LogP contribution < -0.4 is 4.90 Å². The average Bonchev–Trinajstić information content (AvgIpc) is 3.33. The molecule has 0 saturated carbocycles. The first kappa shape index (κ1) is 20.2. The van der Waals surface area contributed by atoms with Gasteiger partial charge in [-0.2, -0.15) is 5.10 Å². The van der Waals surface area contributed by atoms with E-state index in [9.17, 15) is 4.79 Å². The SMILES string of the molecule is Cc1cc(C(=O)N(Cc2ccccn2)c2nc3c(C)c(C)ccc3s2)n(C(C)C)n1. The first-order chi connectivity index (χ1) is 14.3. The Kier molecular flexibility index (Phi) is 5.39. The van der Waals surface area contributed by atoms with Gasteiger partial charge in [-0.15, -0.1) is 0 Å². The fourth-order valence-electron chi connectivity index (χ4n) is 3.42. The first-order valence-electron chi connectivity index (χ1n) is 10.00. The second-order valence-corrected chi connectivity index (χ2v) is 8.78. The maximum Gasteiger partial charge on any atom is 0.278 e. The monoisotopic (exact) mass is 419 g/mol. The molecule has 0 radical (unpaired) electrons. The summed E-state index contributed by atoms with van der Waals surface area (Å²) in [5.74, 6) is -0.122. The number of benzene rings is 1. The molecule has 0 atom stereocenters. The second-order valence-electron chi connectivity index (χ2n) is 7.77. The van der Waals surface area contributed by atoms with E-state index in [1.807, 2.05) is 45.0 Å². The molecule has 0 bridgehead atoms. The molecule has 0 aliphatic carbocycles. The highest BCUT2D eigenvalue weighted by atomic mass is 32.1. The Morgan fingerprint density at radius 3 is 2.67 bits per heavy atom. The number of amides is 1. The number of thiazole rings is 1. The van der Waals surface area contributed by atoms with E-state index in [0.29, 0.717) is 17.4 Å². The van der Waals surface area contributed by atoms with E-state index in [1.165, 1.54) is 16.9 Å². The van der Waals surface area contributed by atoms with Crippen LogP contribution in [0.3, 0.4) is 0 Å². The summed E-state index contributed by atoms with van der Waals surface area (Å²) in [5, 5.41) is 5.19. The van der Waals surface area contributed by atoms with Crippen LogP contribution in [0, 0.1) is 20.8 Å². The highest BCUT2D eigenvalue weighted by molar-refractivity contribution is 7.22. The van der Waals surface area contributed by atoms with Crippen LogP contribution in [-0.4, -0.2) is 25.7 Å². The number of hydrogen-bond donors (Lipinski definition) is 0. The van der Waals surface area contributed by atoms with Crippen LogP contribution in [0.4, 0.5) is 5.13 Å². The number of nitrogens with zero attached hydrogens (tertiary/aromatic N) is 5. The van der Waals surface area contributed by atoms with Crippen molar-refractivity contribution < 1.29 is 4.79 Å². The van der Waals surface area contributed by atoms with Crippen LogP contribution in [0.5, 0.6) is 0 Å². The lowest BCUT2D eigenvalue weighted by Gasteiger charge is -2.21. The van der Waals surface area contributed by atoms with E-state index >= 15 is 0 Å². The van der Waals surface area contributed by atoms with Gasteiger partial charge in [-0.05, 0) is 70.0 Å². The summed E-state index contributed by atoms with van der Waals surface area (Å²) < 4.78 is 2.85. The van der Waals surface area contributed by atoms with E-state index in [2.05, 4.69) is 36.1 Å². The Morgan fingerprint density at radius 2 is 1.97 bits per heavy atom. The number of anilines is 1. The quantitative estimate of drug-likeness (QED) is 0.444. The van der Waals surface area contributed by atoms with Gasteiger partial charge in [-0.25, -0.2) is 4.98 Å². The zero-order valence-electron chi connectivity index (χ0n) is 17.9. The van der Waals surface area contributed by atoms with Crippen LogP contribution in [0.25, 0.3) is 10.2 Å². The number of aromatic nitrogens is 4. The molecule has 4 aromatic rings. The summed E-state index contributed by atoms with van der Waals surface area (Å²) in [6, 6.07) is 11.8. The maximum atomic E-state index is 13.7. The van der Waals surface area contributed by atoms with Gasteiger partial charge in [0.2, 0.25) is 0 Å². The van der Waals surface area contributed by atoms with Gasteiger partial charge < -0.3 is 0 Å². The molecule has 0 spiro atoms. The van der Waals surface area contributed by atoms with Crippen molar-refractivity contribution in [1.82, 2.24) is 19.7 Å². The van der Waals surface area contributed by atoms with Crippen molar-refractivity contribution in [3.05, 3.63) is 70.8 Å². The van der Waals surface area contributed by atoms with Gasteiger partial charge in [-0.3, -0.25) is 19.4 Å². The van der Waals surface area contributed by atoms with Crippen LogP contribution in [0.15, 0.2) is 42.6 Å². The molecule has 0 unspecified atom stereocenters. The standard InChI is InChI=1S/C23H25N5OS/c1-14(2)28-19(12-16(4)26-28)22(29)27(13-18-8-6-7-11-24-18)23-25-21-17(5)15(3)9-10-20(21)30-23/h6-12,14H,13H2,1-5H3. The van der Waals surface area contributed by atoms with E-state index in [4.69, 9.17) is 4.98 Å².